The van der Waals surface area contributed by atoms with Gasteiger partial charge in [0.25, 0.3) is 11.8 Å². The lowest BCUT2D eigenvalue weighted by molar-refractivity contribution is 0.101. The average molecular weight is 497 g/mol. The normalized spacial score (nSPS) is 14.3. The predicted octanol–water partition coefficient (Wildman–Crippen LogP) is 3.71. The van der Waals surface area contributed by atoms with E-state index in [2.05, 4.69) is 10.6 Å². The van der Waals surface area contributed by atoms with Crippen LogP contribution in [-0.4, -0.2) is 49.3 Å². The van der Waals surface area contributed by atoms with Gasteiger partial charge in [0.15, 0.2) is 0 Å². The van der Waals surface area contributed by atoms with Crippen molar-refractivity contribution in [1.29, 1.82) is 0 Å². The van der Waals surface area contributed by atoms with Crippen molar-refractivity contribution in [2.45, 2.75) is 24.2 Å². The van der Waals surface area contributed by atoms with Crippen LogP contribution in [-0.2, 0) is 17.1 Å². The van der Waals surface area contributed by atoms with Crippen molar-refractivity contribution in [3.8, 4) is 5.75 Å². The first-order valence-electron chi connectivity index (χ1n) is 11.3. The Morgan fingerprint density at radius 1 is 0.914 bits per heavy atom. The van der Waals surface area contributed by atoms with Crippen molar-refractivity contribution in [1.82, 2.24) is 8.87 Å². The Hall–Kier alpha value is -3.63. The molecule has 4 rings (SSSR count). The van der Waals surface area contributed by atoms with Gasteiger partial charge in [-0.1, -0.05) is 18.6 Å². The first kappa shape index (κ1) is 24.5. The summed E-state index contributed by atoms with van der Waals surface area (Å²) in [5.74, 6) is -0.213. The van der Waals surface area contributed by atoms with Crippen LogP contribution in [0, 0.1) is 0 Å². The first-order valence-corrected chi connectivity index (χ1v) is 12.8. The summed E-state index contributed by atoms with van der Waals surface area (Å²) in [4.78, 5) is 25.5. The average Bonchev–Trinajstić information content (AvgIpc) is 3.28. The summed E-state index contributed by atoms with van der Waals surface area (Å²) in [5, 5.41) is 5.56. The topological polar surface area (TPSA) is 110 Å². The second-order valence-corrected chi connectivity index (χ2v) is 10.3. The van der Waals surface area contributed by atoms with Crippen LogP contribution < -0.4 is 15.4 Å². The smallest absolute Gasteiger partial charge is 0.272 e. The molecule has 0 aliphatic carbocycles. The number of aromatic nitrogens is 1. The van der Waals surface area contributed by atoms with Crippen LogP contribution in [0.4, 0.5) is 11.4 Å². The third-order valence-electron chi connectivity index (χ3n) is 5.93. The van der Waals surface area contributed by atoms with Crippen LogP contribution in [0.5, 0.6) is 5.75 Å². The zero-order valence-corrected chi connectivity index (χ0v) is 20.5. The number of ether oxygens (including phenoxy) is 1. The van der Waals surface area contributed by atoms with Crippen LogP contribution >= 0.6 is 0 Å². The summed E-state index contributed by atoms with van der Waals surface area (Å²) in [6.07, 6.45) is 4.16. The number of methoxy groups -OCH3 is 1. The summed E-state index contributed by atoms with van der Waals surface area (Å²) in [5.41, 5.74) is 1.66. The maximum absolute atomic E-state index is 12.9. The Bertz CT molecular complexity index is 1330. The predicted molar refractivity (Wildman–Crippen MR) is 133 cm³/mol. The van der Waals surface area contributed by atoms with E-state index >= 15 is 0 Å². The number of carbonyl (C=O) groups is 2. The molecule has 1 fully saturated rings. The summed E-state index contributed by atoms with van der Waals surface area (Å²) >= 11 is 0. The van der Waals surface area contributed by atoms with E-state index in [9.17, 15) is 18.0 Å². The molecule has 0 atom stereocenters. The number of hydrogen-bond donors (Lipinski definition) is 2. The number of nitrogens with zero attached hydrogens (tertiary/aromatic N) is 2. The van der Waals surface area contributed by atoms with Gasteiger partial charge < -0.3 is 19.9 Å². The van der Waals surface area contributed by atoms with E-state index in [0.717, 1.165) is 19.3 Å². The monoisotopic (exact) mass is 496 g/mol. The van der Waals surface area contributed by atoms with Gasteiger partial charge >= 0.3 is 0 Å². The van der Waals surface area contributed by atoms with Crippen LogP contribution in [0.3, 0.4) is 0 Å². The van der Waals surface area contributed by atoms with E-state index in [1.807, 2.05) is 6.07 Å². The molecule has 0 spiro atoms. The lowest BCUT2D eigenvalue weighted by Gasteiger charge is -2.25. The molecule has 1 saturated heterocycles. The SMILES string of the molecule is COc1ccccc1NC(=O)c1ccc(NC(=O)c2cc(S(=O)(=O)N3CCCCC3)cn2C)cc1. The molecule has 184 valence electrons. The summed E-state index contributed by atoms with van der Waals surface area (Å²) in [6, 6.07) is 14.9. The minimum Gasteiger partial charge on any atom is -0.495 e. The minimum absolute atomic E-state index is 0.107. The fraction of sp³-hybridized carbons (Fsp3) is 0.280. The standard InChI is InChI=1S/C25H28N4O5S/c1-28-17-20(35(32,33)29-14-6-3-7-15-29)16-22(28)25(31)26-19-12-10-18(11-13-19)24(30)27-21-8-4-5-9-23(21)34-2/h4-5,8-13,16-17H,3,6-7,14-15H2,1-2H3,(H,26,31)(H,27,30). The fourth-order valence-corrected chi connectivity index (χ4v) is 5.59. The van der Waals surface area contributed by atoms with Gasteiger partial charge in [-0.15, -0.1) is 0 Å². The second kappa shape index (κ2) is 10.3. The molecule has 0 radical (unpaired) electrons. The Balaban J connectivity index is 1.44. The third kappa shape index (κ3) is 5.39. The number of piperidine rings is 1. The molecule has 3 aromatic rings. The number of para-hydroxylation sites is 2. The number of hydrogen-bond acceptors (Lipinski definition) is 5. The van der Waals surface area contributed by atoms with Gasteiger partial charge in [0, 0.05) is 37.6 Å². The molecule has 2 amide bonds. The number of anilines is 2. The molecule has 1 aliphatic rings. The van der Waals surface area contributed by atoms with E-state index in [1.165, 1.54) is 28.2 Å². The fourth-order valence-electron chi connectivity index (χ4n) is 4.00. The number of sulfonamides is 1. The minimum atomic E-state index is -3.64. The van der Waals surface area contributed by atoms with Gasteiger partial charge in [-0.2, -0.15) is 4.31 Å². The number of benzene rings is 2. The molecule has 0 saturated carbocycles. The summed E-state index contributed by atoms with van der Waals surface area (Å²) in [6.45, 7) is 0.992. The quantitative estimate of drug-likeness (QED) is 0.518. The maximum Gasteiger partial charge on any atom is 0.272 e. The number of amides is 2. The summed E-state index contributed by atoms with van der Waals surface area (Å²) in [7, 11) is -0.474. The van der Waals surface area contributed by atoms with E-state index < -0.39 is 15.9 Å². The largest absolute Gasteiger partial charge is 0.495 e. The number of nitrogens with one attached hydrogen (secondary N) is 2. The van der Waals surface area contributed by atoms with Gasteiger partial charge in [-0.3, -0.25) is 9.59 Å². The molecular formula is C25H28N4O5S. The molecule has 2 N–H and O–H groups in total. The van der Waals surface area contributed by atoms with Crippen molar-refractivity contribution >= 4 is 33.2 Å². The lowest BCUT2D eigenvalue weighted by atomic mass is 10.2. The highest BCUT2D eigenvalue weighted by Crippen LogP contribution is 2.25. The highest BCUT2D eigenvalue weighted by molar-refractivity contribution is 7.89. The molecule has 1 aliphatic heterocycles. The van der Waals surface area contributed by atoms with Crippen molar-refractivity contribution in [2.75, 3.05) is 30.8 Å². The van der Waals surface area contributed by atoms with Gasteiger partial charge in [0.2, 0.25) is 10.0 Å². The molecule has 0 unspecified atom stereocenters. The van der Waals surface area contributed by atoms with Crippen LogP contribution in [0.15, 0.2) is 65.7 Å². The van der Waals surface area contributed by atoms with Crippen LogP contribution in [0.25, 0.3) is 0 Å². The number of carbonyl (C=O) groups excluding carboxylic acids is 2. The van der Waals surface area contributed by atoms with Crippen molar-refractivity contribution in [2.24, 2.45) is 7.05 Å². The van der Waals surface area contributed by atoms with Gasteiger partial charge in [-0.05, 0) is 55.3 Å². The number of rotatable bonds is 7. The maximum atomic E-state index is 12.9. The summed E-state index contributed by atoms with van der Waals surface area (Å²) < 4.78 is 34.1. The van der Waals surface area contributed by atoms with Gasteiger partial charge in [0.05, 0.1) is 12.8 Å². The Morgan fingerprint density at radius 3 is 2.29 bits per heavy atom. The van der Waals surface area contributed by atoms with Crippen molar-refractivity contribution < 1.29 is 22.7 Å². The Kier molecular flexibility index (Phi) is 7.23. The molecule has 35 heavy (non-hydrogen) atoms. The van der Waals surface area contributed by atoms with Crippen LogP contribution in [0.1, 0.15) is 40.1 Å². The van der Waals surface area contributed by atoms with E-state index in [-0.39, 0.29) is 16.5 Å². The van der Waals surface area contributed by atoms with Crippen molar-refractivity contribution in [3.63, 3.8) is 0 Å². The molecule has 0 bridgehead atoms. The molecule has 10 heteroatoms. The zero-order chi connectivity index (χ0) is 25.0. The van der Waals surface area contributed by atoms with Crippen LogP contribution in [0.2, 0.25) is 0 Å². The highest BCUT2D eigenvalue weighted by Gasteiger charge is 2.28. The van der Waals surface area contributed by atoms with E-state index in [4.69, 9.17) is 4.74 Å². The Labute approximate surface area is 204 Å². The molecular weight excluding hydrogens is 468 g/mol. The highest BCUT2D eigenvalue weighted by atomic mass is 32.2. The van der Waals surface area contributed by atoms with Gasteiger partial charge in [-0.25, -0.2) is 8.42 Å². The number of aryl methyl sites for hydroxylation is 1. The van der Waals surface area contributed by atoms with E-state index in [1.54, 1.807) is 49.5 Å². The zero-order valence-electron chi connectivity index (χ0n) is 19.7. The van der Waals surface area contributed by atoms with Gasteiger partial charge in [0.1, 0.15) is 16.3 Å². The first-order chi connectivity index (χ1) is 16.8. The third-order valence-corrected chi connectivity index (χ3v) is 7.79. The molecule has 2 aromatic carbocycles. The van der Waals surface area contributed by atoms with E-state index in [0.29, 0.717) is 35.8 Å². The Morgan fingerprint density at radius 2 is 1.60 bits per heavy atom. The molecule has 9 nitrogen and oxygen atoms in total. The molecule has 2 heterocycles. The molecule has 1 aromatic heterocycles. The van der Waals surface area contributed by atoms with Crippen molar-refractivity contribution in [3.05, 3.63) is 72.1 Å². The second-order valence-electron chi connectivity index (χ2n) is 8.32. The lowest BCUT2D eigenvalue weighted by Crippen LogP contribution is -2.35.